The Hall–Kier alpha value is -1.94. The van der Waals surface area contributed by atoms with Gasteiger partial charge in [-0.1, -0.05) is 42.0 Å². The Labute approximate surface area is 132 Å². The molecule has 0 bridgehead atoms. The first kappa shape index (κ1) is 15.0. The maximum absolute atomic E-state index is 4.26. The van der Waals surface area contributed by atoms with E-state index < -0.39 is 0 Å². The van der Waals surface area contributed by atoms with E-state index in [0.29, 0.717) is 5.92 Å². The zero-order valence-electron chi connectivity index (χ0n) is 13.4. The van der Waals surface area contributed by atoms with E-state index in [4.69, 9.17) is 0 Å². The van der Waals surface area contributed by atoms with Crippen molar-refractivity contribution in [2.75, 3.05) is 19.6 Å². The molecule has 2 heterocycles. The molecule has 22 heavy (non-hydrogen) atoms. The Kier molecular flexibility index (Phi) is 4.68. The van der Waals surface area contributed by atoms with Crippen LogP contribution in [0, 0.1) is 0 Å². The van der Waals surface area contributed by atoms with Gasteiger partial charge in [-0.15, -0.1) is 10.2 Å². The number of rotatable bonds is 4. The van der Waals surface area contributed by atoms with Crippen LogP contribution in [0.3, 0.4) is 0 Å². The van der Waals surface area contributed by atoms with Gasteiger partial charge >= 0.3 is 0 Å². The Bertz CT molecular complexity index is 622. The summed E-state index contributed by atoms with van der Waals surface area (Å²) in [6.45, 7) is 5.55. The lowest BCUT2D eigenvalue weighted by Crippen LogP contribution is -2.34. The van der Waals surface area contributed by atoms with Gasteiger partial charge < -0.3 is 4.57 Å². The molecule has 1 aromatic carbocycles. The van der Waals surface area contributed by atoms with Gasteiger partial charge in [0.2, 0.25) is 0 Å². The second-order valence-electron chi connectivity index (χ2n) is 6.25. The number of aromatic nitrogens is 3. The van der Waals surface area contributed by atoms with Gasteiger partial charge in [0.15, 0.2) is 0 Å². The number of hydrogen-bond donors (Lipinski definition) is 0. The van der Waals surface area contributed by atoms with Crippen molar-refractivity contribution in [3.63, 3.8) is 0 Å². The van der Waals surface area contributed by atoms with Gasteiger partial charge in [0.1, 0.15) is 12.2 Å². The number of hydrogen-bond acceptors (Lipinski definition) is 3. The van der Waals surface area contributed by atoms with Crippen LogP contribution in [0.4, 0.5) is 0 Å². The van der Waals surface area contributed by atoms with Crippen LogP contribution in [0.25, 0.3) is 6.08 Å². The summed E-state index contributed by atoms with van der Waals surface area (Å²) in [5.74, 6) is 1.69. The summed E-state index contributed by atoms with van der Waals surface area (Å²) in [6.07, 6.45) is 6.43. The molecular formula is C18H24N4. The van der Waals surface area contributed by atoms with E-state index in [9.17, 15) is 0 Å². The lowest BCUT2D eigenvalue weighted by Gasteiger charge is -2.31. The van der Waals surface area contributed by atoms with Crippen molar-refractivity contribution in [1.82, 2.24) is 19.7 Å². The average Bonchev–Trinajstić information content (AvgIpc) is 2.95. The van der Waals surface area contributed by atoms with Crippen molar-refractivity contribution >= 4 is 6.08 Å². The molecule has 0 radical (unpaired) electrons. The number of nitrogens with zero attached hydrogens (tertiary/aromatic N) is 4. The largest absolute Gasteiger partial charge is 0.320 e. The fourth-order valence-corrected chi connectivity index (χ4v) is 3.24. The minimum atomic E-state index is 0.558. The molecule has 1 saturated heterocycles. The fourth-order valence-electron chi connectivity index (χ4n) is 3.24. The molecule has 0 unspecified atom stereocenters. The minimum Gasteiger partial charge on any atom is -0.320 e. The van der Waals surface area contributed by atoms with Crippen molar-refractivity contribution in [3.8, 4) is 0 Å². The van der Waals surface area contributed by atoms with Crippen molar-refractivity contribution < 1.29 is 0 Å². The van der Waals surface area contributed by atoms with E-state index in [0.717, 1.165) is 25.5 Å². The lowest BCUT2D eigenvalue weighted by atomic mass is 9.95. The van der Waals surface area contributed by atoms with Crippen LogP contribution in [-0.4, -0.2) is 39.3 Å². The number of likely N-dealkylation sites (tertiary alicyclic amines) is 1. The van der Waals surface area contributed by atoms with Crippen molar-refractivity contribution in [3.05, 3.63) is 53.6 Å². The molecule has 0 spiro atoms. The van der Waals surface area contributed by atoms with Crippen LogP contribution in [0.1, 0.15) is 37.1 Å². The number of benzene rings is 1. The summed E-state index contributed by atoms with van der Waals surface area (Å²) >= 11 is 0. The number of aryl methyl sites for hydroxylation is 1. The first-order valence-corrected chi connectivity index (χ1v) is 8.01. The van der Waals surface area contributed by atoms with Crippen LogP contribution in [-0.2, 0) is 7.05 Å². The predicted octanol–water partition coefficient (Wildman–Crippen LogP) is 3.10. The van der Waals surface area contributed by atoms with Crippen molar-refractivity contribution in [2.45, 2.75) is 25.7 Å². The summed E-state index contributed by atoms with van der Waals surface area (Å²) in [7, 11) is 2.04. The van der Waals surface area contributed by atoms with E-state index in [1.54, 1.807) is 6.33 Å². The highest BCUT2D eigenvalue weighted by molar-refractivity contribution is 5.52. The molecule has 0 atom stereocenters. The van der Waals surface area contributed by atoms with Gasteiger partial charge in [-0.25, -0.2) is 0 Å². The molecule has 1 aliphatic heterocycles. The van der Waals surface area contributed by atoms with E-state index in [1.165, 1.54) is 24.0 Å². The Morgan fingerprint density at radius 1 is 1.23 bits per heavy atom. The molecule has 116 valence electrons. The second-order valence-corrected chi connectivity index (χ2v) is 6.25. The molecule has 2 aromatic rings. The molecule has 1 fully saturated rings. The summed E-state index contributed by atoms with van der Waals surface area (Å²) in [5.41, 5.74) is 2.71. The van der Waals surface area contributed by atoms with Crippen molar-refractivity contribution in [2.24, 2.45) is 7.05 Å². The summed E-state index contributed by atoms with van der Waals surface area (Å²) in [5, 5.41) is 8.27. The summed E-state index contributed by atoms with van der Waals surface area (Å²) in [6, 6.07) is 10.6. The number of piperidine rings is 1. The molecule has 0 saturated carbocycles. The third-order valence-electron chi connectivity index (χ3n) is 4.38. The molecular weight excluding hydrogens is 272 g/mol. The van der Waals surface area contributed by atoms with Gasteiger partial charge in [0, 0.05) is 19.5 Å². The third-order valence-corrected chi connectivity index (χ3v) is 4.38. The van der Waals surface area contributed by atoms with Crippen LogP contribution in [0.5, 0.6) is 0 Å². The maximum atomic E-state index is 4.26. The molecule has 0 aliphatic carbocycles. The smallest absolute Gasteiger partial charge is 0.135 e. The Morgan fingerprint density at radius 3 is 2.59 bits per heavy atom. The van der Waals surface area contributed by atoms with Crippen LogP contribution in [0.2, 0.25) is 0 Å². The zero-order chi connectivity index (χ0) is 15.4. The summed E-state index contributed by atoms with van der Waals surface area (Å²) < 4.78 is 2.06. The standard InChI is InChI=1S/C18H24N4/c1-15(12-16-6-4-3-5-7-16)13-22-10-8-17(9-11-22)18-20-19-14-21(18)2/h3-7,12,14,17H,8-11,13H2,1-2H3. The Balaban J connectivity index is 1.54. The second kappa shape index (κ2) is 6.88. The van der Waals surface area contributed by atoms with Gasteiger partial charge in [-0.2, -0.15) is 0 Å². The van der Waals surface area contributed by atoms with Crippen LogP contribution in [0.15, 0.2) is 42.2 Å². The normalized spacial score (nSPS) is 17.8. The van der Waals surface area contributed by atoms with Gasteiger partial charge in [0.25, 0.3) is 0 Å². The average molecular weight is 296 g/mol. The monoisotopic (exact) mass is 296 g/mol. The van der Waals surface area contributed by atoms with E-state index in [1.807, 2.05) is 7.05 Å². The zero-order valence-corrected chi connectivity index (χ0v) is 13.4. The highest BCUT2D eigenvalue weighted by Crippen LogP contribution is 2.26. The predicted molar refractivity (Wildman–Crippen MR) is 89.5 cm³/mol. The maximum Gasteiger partial charge on any atom is 0.135 e. The first-order chi connectivity index (χ1) is 10.7. The quantitative estimate of drug-likeness (QED) is 0.869. The molecule has 1 aromatic heterocycles. The highest BCUT2D eigenvalue weighted by Gasteiger charge is 2.23. The van der Waals surface area contributed by atoms with Gasteiger partial charge in [-0.05, 0) is 38.4 Å². The van der Waals surface area contributed by atoms with E-state index >= 15 is 0 Å². The fraction of sp³-hybridized carbons (Fsp3) is 0.444. The Morgan fingerprint density at radius 2 is 1.95 bits per heavy atom. The van der Waals surface area contributed by atoms with Crippen molar-refractivity contribution in [1.29, 1.82) is 0 Å². The van der Waals surface area contributed by atoms with E-state index in [2.05, 4.69) is 63.0 Å². The van der Waals surface area contributed by atoms with E-state index in [-0.39, 0.29) is 0 Å². The third kappa shape index (κ3) is 3.63. The molecule has 3 rings (SSSR count). The molecule has 0 N–H and O–H groups in total. The molecule has 4 nitrogen and oxygen atoms in total. The summed E-state index contributed by atoms with van der Waals surface area (Å²) in [4.78, 5) is 2.54. The van der Waals surface area contributed by atoms with Crippen LogP contribution >= 0.6 is 0 Å². The highest BCUT2D eigenvalue weighted by atomic mass is 15.3. The minimum absolute atomic E-state index is 0.558. The van der Waals surface area contributed by atoms with Gasteiger partial charge in [-0.3, -0.25) is 4.90 Å². The SMILES string of the molecule is CC(=Cc1ccccc1)CN1CCC(c2nncn2C)CC1. The van der Waals surface area contributed by atoms with Crippen LogP contribution < -0.4 is 0 Å². The lowest BCUT2D eigenvalue weighted by molar-refractivity contribution is 0.223. The van der Waals surface area contributed by atoms with Gasteiger partial charge in [0.05, 0.1) is 0 Å². The topological polar surface area (TPSA) is 34.0 Å². The molecule has 4 heteroatoms. The molecule has 0 amide bonds. The first-order valence-electron chi connectivity index (χ1n) is 8.01. The molecule has 1 aliphatic rings.